The molecule has 2 rings (SSSR count). The fourth-order valence-electron chi connectivity index (χ4n) is 2.18. The summed E-state index contributed by atoms with van der Waals surface area (Å²) in [6.07, 6.45) is 3.37. The number of aryl methyl sites for hydroxylation is 2. The van der Waals surface area contributed by atoms with Crippen molar-refractivity contribution >= 4 is 27.3 Å². The van der Waals surface area contributed by atoms with Crippen molar-refractivity contribution in [1.82, 2.24) is 10.3 Å². The Morgan fingerprint density at radius 1 is 1.24 bits per heavy atom. The van der Waals surface area contributed by atoms with E-state index in [1.807, 2.05) is 11.3 Å². The van der Waals surface area contributed by atoms with Crippen LogP contribution in [0.5, 0.6) is 0 Å². The van der Waals surface area contributed by atoms with Gasteiger partial charge in [-0.05, 0) is 37.9 Å². The largest absolute Gasteiger partial charge is 0.312 e. The molecule has 0 aliphatic carbocycles. The Morgan fingerprint density at radius 2 is 2.05 bits per heavy atom. The molecule has 1 aromatic carbocycles. The summed E-state index contributed by atoms with van der Waals surface area (Å²) in [5.41, 5.74) is 3.73. The monoisotopic (exact) mass is 366 g/mol. The summed E-state index contributed by atoms with van der Waals surface area (Å²) >= 11 is 5.44. The van der Waals surface area contributed by atoms with Gasteiger partial charge in [0.15, 0.2) is 0 Å². The van der Waals surface area contributed by atoms with Gasteiger partial charge in [-0.1, -0.05) is 48.3 Å². The topological polar surface area (TPSA) is 24.9 Å². The third kappa shape index (κ3) is 4.38. The zero-order valence-electron chi connectivity index (χ0n) is 13.0. The Balaban J connectivity index is 2.26. The number of hydrogen-bond donors (Lipinski definition) is 1. The van der Waals surface area contributed by atoms with Crippen LogP contribution in [0.3, 0.4) is 0 Å². The molecule has 0 aliphatic heterocycles. The molecule has 114 valence electrons. The van der Waals surface area contributed by atoms with E-state index in [0.29, 0.717) is 0 Å². The van der Waals surface area contributed by atoms with Crippen LogP contribution in [0.1, 0.15) is 42.8 Å². The molecule has 0 spiro atoms. The third-order valence-electron chi connectivity index (χ3n) is 3.40. The highest BCUT2D eigenvalue weighted by molar-refractivity contribution is 9.10. The highest BCUT2D eigenvalue weighted by atomic mass is 79.9. The number of nitrogens with one attached hydrogen (secondary N) is 1. The molecule has 0 aliphatic rings. The van der Waals surface area contributed by atoms with E-state index in [4.69, 9.17) is 4.98 Å². The van der Waals surface area contributed by atoms with Gasteiger partial charge >= 0.3 is 0 Å². The molecule has 0 atom stereocenters. The maximum absolute atomic E-state index is 4.88. The quantitative estimate of drug-likeness (QED) is 0.669. The summed E-state index contributed by atoms with van der Waals surface area (Å²) < 4.78 is 1.15. The van der Waals surface area contributed by atoms with E-state index < -0.39 is 0 Å². The van der Waals surface area contributed by atoms with E-state index >= 15 is 0 Å². The van der Waals surface area contributed by atoms with Gasteiger partial charge in [0.25, 0.3) is 0 Å². The van der Waals surface area contributed by atoms with Gasteiger partial charge in [-0.15, -0.1) is 11.3 Å². The molecule has 1 aromatic heterocycles. The van der Waals surface area contributed by atoms with E-state index in [2.05, 4.69) is 60.2 Å². The average molecular weight is 367 g/mol. The molecule has 0 radical (unpaired) electrons. The summed E-state index contributed by atoms with van der Waals surface area (Å²) in [7, 11) is 0. The molecule has 1 N–H and O–H groups in total. The summed E-state index contributed by atoms with van der Waals surface area (Å²) in [5.74, 6) is 0. The Kier molecular flexibility index (Phi) is 6.40. The summed E-state index contributed by atoms with van der Waals surface area (Å²) in [5, 5.41) is 4.63. The molecule has 1 heterocycles. The Labute approximate surface area is 140 Å². The van der Waals surface area contributed by atoms with Crippen molar-refractivity contribution in [3.05, 3.63) is 38.8 Å². The van der Waals surface area contributed by atoms with Gasteiger partial charge in [-0.3, -0.25) is 0 Å². The van der Waals surface area contributed by atoms with Crippen molar-refractivity contribution in [3.63, 3.8) is 0 Å². The van der Waals surface area contributed by atoms with Gasteiger partial charge in [0.1, 0.15) is 5.01 Å². The van der Waals surface area contributed by atoms with Crippen LogP contribution in [-0.2, 0) is 13.0 Å². The molecular formula is C17H23BrN2S. The van der Waals surface area contributed by atoms with Crippen LogP contribution in [0.15, 0.2) is 22.7 Å². The first kappa shape index (κ1) is 16.7. The lowest BCUT2D eigenvalue weighted by atomic mass is 10.1. The third-order valence-corrected chi connectivity index (χ3v) is 5.40. The van der Waals surface area contributed by atoms with Crippen LogP contribution in [-0.4, -0.2) is 11.5 Å². The van der Waals surface area contributed by atoms with Crippen LogP contribution in [0.4, 0.5) is 0 Å². The minimum atomic E-state index is 0.938. The molecule has 2 nitrogen and oxygen atoms in total. The van der Waals surface area contributed by atoms with E-state index in [1.54, 1.807) is 0 Å². The second-order valence-corrected chi connectivity index (χ2v) is 7.22. The van der Waals surface area contributed by atoms with Crippen molar-refractivity contribution in [2.45, 2.75) is 46.6 Å². The minimum Gasteiger partial charge on any atom is -0.312 e. The van der Waals surface area contributed by atoms with E-state index in [0.717, 1.165) is 35.4 Å². The lowest BCUT2D eigenvalue weighted by Crippen LogP contribution is -2.13. The first-order valence-electron chi connectivity index (χ1n) is 7.61. The fraction of sp³-hybridized carbons (Fsp3) is 0.471. The second-order valence-electron chi connectivity index (χ2n) is 5.28. The first-order valence-corrected chi connectivity index (χ1v) is 9.22. The number of benzene rings is 1. The molecule has 0 unspecified atom stereocenters. The predicted molar refractivity (Wildman–Crippen MR) is 96.0 cm³/mol. The molecule has 21 heavy (non-hydrogen) atoms. The predicted octanol–water partition coefficient (Wildman–Crippen LogP) is 5.33. The zero-order chi connectivity index (χ0) is 15.2. The Hall–Kier alpha value is -0.710. The van der Waals surface area contributed by atoms with Crippen molar-refractivity contribution in [2.75, 3.05) is 6.54 Å². The second kappa shape index (κ2) is 8.06. The van der Waals surface area contributed by atoms with Crippen LogP contribution in [0.2, 0.25) is 0 Å². The Morgan fingerprint density at radius 3 is 2.71 bits per heavy atom. The van der Waals surface area contributed by atoms with Crippen LogP contribution < -0.4 is 5.32 Å². The number of nitrogens with zero attached hydrogens (tertiary/aromatic N) is 1. The summed E-state index contributed by atoms with van der Waals surface area (Å²) in [4.78, 5) is 6.26. The van der Waals surface area contributed by atoms with E-state index in [-0.39, 0.29) is 0 Å². The lowest BCUT2D eigenvalue weighted by molar-refractivity contribution is 0.674. The number of hydrogen-bond acceptors (Lipinski definition) is 3. The van der Waals surface area contributed by atoms with E-state index in [9.17, 15) is 0 Å². The van der Waals surface area contributed by atoms with Crippen molar-refractivity contribution < 1.29 is 0 Å². The van der Waals surface area contributed by atoms with Gasteiger partial charge in [0, 0.05) is 21.5 Å². The van der Waals surface area contributed by atoms with Gasteiger partial charge in [0.05, 0.1) is 5.69 Å². The Bertz CT molecular complexity index is 592. The molecule has 0 fully saturated rings. The fourth-order valence-corrected chi connectivity index (χ4v) is 3.63. The maximum atomic E-state index is 4.88. The molecular weight excluding hydrogens is 344 g/mol. The SMILES string of the molecule is CCCNCc1sc(-c2ccc(C)c(Br)c2)nc1CCC. The molecule has 2 aromatic rings. The normalized spacial score (nSPS) is 11.0. The smallest absolute Gasteiger partial charge is 0.123 e. The number of rotatable bonds is 7. The lowest BCUT2D eigenvalue weighted by Gasteiger charge is -2.02. The number of aromatic nitrogens is 1. The molecule has 0 amide bonds. The first-order chi connectivity index (χ1) is 10.2. The van der Waals surface area contributed by atoms with Crippen LogP contribution in [0, 0.1) is 6.92 Å². The van der Waals surface area contributed by atoms with E-state index in [1.165, 1.54) is 28.1 Å². The standard InChI is InChI=1S/C17H23BrN2S/c1-4-6-15-16(11-19-9-5-2)21-17(20-15)13-8-7-12(3)14(18)10-13/h7-8,10,19H,4-6,9,11H2,1-3H3. The van der Waals surface area contributed by atoms with Crippen LogP contribution >= 0.6 is 27.3 Å². The average Bonchev–Trinajstić information content (AvgIpc) is 2.86. The van der Waals surface area contributed by atoms with Gasteiger partial charge in [0.2, 0.25) is 0 Å². The van der Waals surface area contributed by atoms with Crippen molar-refractivity contribution in [1.29, 1.82) is 0 Å². The summed E-state index contributed by atoms with van der Waals surface area (Å²) in [6, 6.07) is 6.49. The molecule has 0 saturated carbocycles. The highest BCUT2D eigenvalue weighted by Crippen LogP contribution is 2.31. The highest BCUT2D eigenvalue weighted by Gasteiger charge is 2.12. The van der Waals surface area contributed by atoms with Crippen molar-refractivity contribution in [2.24, 2.45) is 0 Å². The summed E-state index contributed by atoms with van der Waals surface area (Å²) in [6.45, 7) is 8.52. The molecule has 0 saturated heterocycles. The van der Waals surface area contributed by atoms with Gasteiger partial charge < -0.3 is 5.32 Å². The van der Waals surface area contributed by atoms with Gasteiger partial charge in [-0.2, -0.15) is 0 Å². The minimum absolute atomic E-state index is 0.938. The number of halogens is 1. The maximum Gasteiger partial charge on any atom is 0.123 e. The number of thiazole rings is 1. The van der Waals surface area contributed by atoms with Crippen LogP contribution in [0.25, 0.3) is 10.6 Å². The molecule has 4 heteroatoms. The van der Waals surface area contributed by atoms with Gasteiger partial charge in [-0.25, -0.2) is 4.98 Å². The van der Waals surface area contributed by atoms with Crippen molar-refractivity contribution in [3.8, 4) is 10.6 Å². The molecule has 0 bridgehead atoms. The zero-order valence-corrected chi connectivity index (χ0v) is 15.4.